The number of hydrogen-bond acceptors (Lipinski definition) is 6. The van der Waals surface area contributed by atoms with Gasteiger partial charge in [-0.3, -0.25) is 14.1 Å². The first-order chi connectivity index (χ1) is 25.3. The third-order valence-electron chi connectivity index (χ3n) is 8.85. The van der Waals surface area contributed by atoms with Gasteiger partial charge in [-0.05, 0) is 57.8 Å². The monoisotopic (exact) mass is 753 g/mol. The fraction of sp³-hybridized carbons (Fsp3) is 0.767. The lowest BCUT2D eigenvalue weighted by Gasteiger charge is -2.18. The number of phosphoric acid groups is 1. The third-order valence-corrected chi connectivity index (χ3v) is 9.34. The highest BCUT2D eigenvalue weighted by molar-refractivity contribution is 7.46. The van der Waals surface area contributed by atoms with E-state index in [4.69, 9.17) is 19.3 Å². The van der Waals surface area contributed by atoms with Gasteiger partial charge in [-0.15, -0.1) is 0 Å². The van der Waals surface area contributed by atoms with Crippen molar-refractivity contribution in [1.82, 2.24) is 0 Å². The summed E-state index contributed by atoms with van der Waals surface area (Å²) in [6.07, 6.45) is 46.8. The number of carbonyl (C=O) groups is 2. The molecule has 0 saturated heterocycles. The summed E-state index contributed by atoms with van der Waals surface area (Å²) in [5, 5.41) is 0. The maximum Gasteiger partial charge on any atom is 0.469 e. The summed E-state index contributed by atoms with van der Waals surface area (Å²) in [6, 6.07) is 0. The maximum atomic E-state index is 12.4. The van der Waals surface area contributed by atoms with Crippen molar-refractivity contribution in [2.75, 3.05) is 13.2 Å². The summed E-state index contributed by atoms with van der Waals surface area (Å²) in [5.41, 5.74) is 0. The molecule has 0 aliphatic carbocycles. The molecule has 52 heavy (non-hydrogen) atoms. The van der Waals surface area contributed by atoms with Crippen LogP contribution >= 0.6 is 7.82 Å². The summed E-state index contributed by atoms with van der Waals surface area (Å²) in [6.45, 7) is 3.64. The van der Waals surface area contributed by atoms with Crippen LogP contribution < -0.4 is 0 Å². The van der Waals surface area contributed by atoms with Gasteiger partial charge in [0.15, 0.2) is 6.10 Å². The highest BCUT2D eigenvalue weighted by Crippen LogP contribution is 2.36. The second kappa shape index (κ2) is 38.7. The van der Waals surface area contributed by atoms with E-state index >= 15 is 0 Å². The van der Waals surface area contributed by atoms with Crippen LogP contribution in [0.25, 0.3) is 0 Å². The first-order valence-corrected chi connectivity index (χ1v) is 22.5. The Kier molecular flexibility index (Phi) is 37.2. The summed E-state index contributed by atoms with van der Waals surface area (Å²) in [5.74, 6) is -0.917. The number of rotatable bonds is 38. The van der Waals surface area contributed by atoms with Crippen LogP contribution in [0, 0.1) is 0 Å². The minimum absolute atomic E-state index is 0.206. The van der Waals surface area contributed by atoms with Gasteiger partial charge in [-0.25, -0.2) is 4.57 Å². The number of esters is 2. The molecule has 9 heteroatoms. The van der Waals surface area contributed by atoms with Crippen molar-refractivity contribution in [2.24, 2.45) is 0 Å². The summed E-state index contributed by atoms with van der Waals surface area (Å²) < 4.78 is 26.4. The van der Waals surface area contributed by atoms with E-state index < -0.39 is 32.5 Å². The van der Waals surface area contributed by atoms with Crippen molar-refractivity contribution in [3.8, 4) is 0 Å². The Morgan fingerprint density at radius 2 is 0.865 bits per heavy atom. The van der Waals surface area contributed by atoms with Crippen LogP contribution in [0.15, 0.2) is 48.6 Å². The van der Waals surface area contributed by atoms with Crippen LogP contribution in [0.4, 0.5) is 0 Å². The number of allylic oxidation sites excluding steroid dienone is 8. The summed E-state index contributed by atoms with van der Waals surface area (Å²) in [7, 11) is -4.76. The highest BCUT2D eigenvalue weighted by Gasteiger charge is 2.22. The molecule has 1 atom stereocenters. The Morgan fingerprint density at radius 3 is 1.33 bits per heavy atom. The van der Waals surface area contributed by atoms with Crippen LogP contribution in [0.3, 0.4) is 0 Å². The van der Waals surface area contributed by atoms with E-state index in [1.54, 1.807) is 0 Å². The van der Waals surface area contributed by atoms with Crippen molar-refractivity contribution >= 4 is 19.8 Å². The predicted molar refractivity (Wildman–Crippen MR) is 216 cm³/mol. The fourth-order valence-corrected chi connectivity index (χ4v) is 6.07. The standard InChI is InChI=1S/C43H77O8P/c1-3-5-7-9-11-13-15-17-19-20-21-22-24-25-27-29-31-33-35-37-42(44)49-39-41(40-50-52(46,47)48)51-43(45)38-36-34-32-30-28-26-23-18-16-14-12-10-8-6-4-2/h11,13,17,19,21-22,25,27,41H,3-10,12,14-16,18,20,23-24,26,28-40H2,1-2H3,(H2,46,47,48)/b13-11+,19-17+,22-21+,27-25+/t41-/m1/s1. The number of ether oxygens (including phenoxy) is 2. The first kappa shape index (κ1) is 50.0. The maximum absolute atomic E-state index is 12.4. The second-order valence-electron chi connectivity index (χ2n) is 14.0. The van der Waals surface area contributed by atoms with Gasteiger partial charge in [-0.2, -0.15) is 0 Å². The van der Waals surface area contributed by atoms with E-state index in [0.29, 0.717) is 12.8 Å². The average molecular weight is 753 g/mol. The van der Waals surface area contributed by atoms with E-state index in [2.05, 4.69) is 67.0 Å². The van der Waals surface area contributed by atoms with E-state index in [9.17, 15) is 14.2 Å². The molecule has 0 aliphatic heterocycles. The highest BCUT2D eigenvalue weighted by atomic mass is 31.2. The number of phosphoric ester groups is 1. The third kappa shape index (κ3) is 40.8. The van der Waals surface area contributed by atoms with Crippen LogP contribution in [0.5, 0.6) is 0 Å². The first-order valence-electron chi connectivity index (χ1n) is 20.9. The minimum Gasteiger partial charge on any atom is -0.462 e. The topological polar surface area (TPSA) is 119 Å². The van der Waals surface area contributed by atoms with Crippen LogP contribution in [0.2, 0.25) is 0 Å². The summed E-state index contributed by atoms with van der Waals surface area (Å²) in [4.78, 5) is 42.8. The molecule has 302 valence electrons. The van der Waals surface area contributed by atoms with Gasteiger partial charge in [0.2, 0.25) is 0 Å². The van der Waals surface area contributed by atoms with Crippen molar-refractivity contribution < 1.29 is 37.9 Å². The molecular weight excluding hydrogens is 675 g/mol. The lowest BCUT2D eigenvalue weighted by molar-refractivity contribution is -0.161. The Hall–Kier alpha value is -1.99. The summed E-state index contributed by atoms with van der Waals surface area (Å²) >= 11 is 0. The molecule has 0 radical (unpaired) electrons. The van der Waals surface area contributed by atoms with Gasteiger partial charge in [-0.1, -0.05) is 172 Å². The molecule has 0 aromatic heterocycles. The normalized spacial score (nSPS) is 12.9. The molecule has 0 saturated carbocycles. The molecule has 0 spiro atoms. The van der Waals surface area contributed by atoms with Crippen molar-refractivity contribution in [3.05, 3.63) is 48.6 Å². The predicted octanol–water partition coefficient (Wildman–Crippen LogP) is 12.7. The van der Waals surface area contributed by atoms with E-state index in [1.165, 1.54) is 96.3 Å². The van der Waals surface area contributed by atoms with Crippen molar-refractivity contribution in [2.45, 2.75) is 200 Å². The smallest absolute Gasteiger partial charge is 0.462 e. The molecule has 2 N–H and O–H groups in total. The van der Waals surface area contributed by atoms with Crippen LogP contribution in [-0.2, 0) is 28.2 Å². The van der Waals surface area contributed by atoms with E-state index in [-0.39, 0.29) is 19.4 Å². The SMILES string of the molecule is CCCCC/C=C/C/C=C/C/C=C/C/C=C/CCCCCC(=O)OC[C@H](COP(=O)(O)O)OC(=O)CCCCCCCCCCCCCCCCC. The van der Waals surface area contributed by atoms with E-state index in [1.807, 2.05) is 0 Å². The Bertz CT molecular complexity index is 984. The van der Waals surface area contributed by atoms with Gasteiger partial charge >= 0.3 is 19.8 Å². The zero-order chi connectivity index (χ0) is 38.2. The average Bonchev–Trinajstić information content (AvgIpc) is 3.11. The zero-order valence-electron chi connectivity index (χ0n) is 33.2. The minimum atomic E-state index is -4.76. The molecule has 0 aromatic carbocycles. The molecule has 0 aromatic rings. The molecule has 0 aliphatic rings. The molecule has 0 fully saturated rings. The molecular formula is C43H77O8P. The van der Waals surface area contributed by atoms with Gasteiger partial charge in [0.05, 0.1) is 6.61 Å². The molecule has 0 bridgehead atoms. The Labute approximate surface area is 318 Å². The van der Waals surface area contributed by atoms with Gasteiger partial charge in [0.1, 0.15) is 6.61 Å². The lowest BCUT2D eigenvalue weighted by atomic mass is 10.0. The Balaban J connectivity index is 3.98. The van der Waals surface area contributed by atoms with Gasteiger partial charge in [0.25, 0.3) is 0 Å². The van der Waals surface area contributed by atoms with Crippen LogP contribution in [0.1, 0.15) is 194 Å². The number of unbranched alkanes of at least 4 members (excludes halogenated alkanes) is 20. The van der Waals surface area contributed by atoms with Gasteiger partial charge < -0.3 is 19.3 Å². The van der Waals surface area contributed by atoms with Crippen LogP contribution in [-0.4, -0.2) is 41.0 Å². The number of hydrogen-bond donors (Lipinski definition) is 2. The molecule has 0 amide bonds. The molecule has 0 rings (SSSR count). The van der Waals surface area contributed by atoms with Gasteiger partial charge in [0, 0.05) is 12.8 Å². The molecule has 0 heterocycles. The Morgan fingerprint density at radius 1 is 0.500 bits per heavy atom. The zero-order valence-corrected chi connectivity index (χ0v) is 34.1. The lowest BCUT2D eigenvalue weighted by Crippen LogP contribution is -2.29. The largest absolute Gasteiger partial charge is 0.469 e. The van der Waals surface area contributed by atoms with Crippen molar-refractivity contribution in [3.63, 3.8) is 0 Å². The van der Waals surface area contributed by atoms with E-state index in [0.717, 1.165) is 57.8 Å². The number of carbonyl (C=O) groups excluding carboxylic acids is 2. The fourth-order valence-electron chi connectivity index (χ4n) is 5.71. The van der Waals surface area contributed by atoms with Crippen molar-refractivity contribution in [1.29, 1.82) is 0 Å². The second-order valence-corrected chi connectivity index (χ2v) is 15.2. The quantitative estimate of drug-likeness (QED) is 0.0277. The molecule has 0 unspecified atom stereocenters. The molecule has 8 nitrogen and oxygen atoms in total.